The van der Waals surface area contributed by atoms with Gasteiger partial charge >= 0.3 is 18.4 Å². The van der Waals surface area contributed by atoms with Gasteiger partial charge in [-0.15, -0.1) is 26.3 Å². The van der Waals surface area contributed by atoms with Crippen LogP contribution in [0.4, 0.5) is 37.7 Å². The lowest BCUT2D eigenvalue weighted by molar-refractivity contribution is -0.677. The van der Waals surface area contributed by atoms with Gasteiger partial charge in [0.25, 0.3) is 6.33 Å². The van der Waals surface area contributed by atoms with Crippen molar-refractivity contribution < 1.29 is 31.0 Å². The normalized spacial score (nSPS) is 14.7. The molecule has 0 saturated carbocycles. The van der Waals surface area contributed by atoms with Crippen LogP contribution in [-0.2, 0) is 0 Å². The van der Waals surface area contributed by atoms with Gasteiger partial charge in [-0.05, 0) is 50.6 Å². The van der Waals surface area contributed by atoms with Gasteiger partial charge in [-0.25, -0.2) is 9.98 Å². The van der Waals surface area contributed by atoms with Crippen molar-refractivity contribution in [2.45, 2.75) is 33.4 Å². The van der Waals surface area contributed by atoms with Gasteiger partial charge in [0.2, 0.25) is 11.7 Å². The molecule has 14 heteroatoms. The molecular weight excluding hydrogens is 490 g/mol. The molecule has 0 bridgehead atoms. The molecule has 0 amide bonds. The number of hydrogen-bond donors (Lipinski definition) is 0. The molecule has 0 fully saturated rings. The molecule has 190 valence electrons. The third-order valence-corrected chi connectivity index (χ3v) is 5.41. The molecule has 3 heterocycles. The van der Waals surface area contributed by atoms with Gasteiger partial charge in [0, 0.05) is 31.0 Å². The second-order valence-corrected chi connectivity index (χ2v) is 7.71. The van der Waals surface area contributed by atoms with E-state index in [0.29, 0.717) is 11.4 Å². The van der Waals surface area contributed by atoms with E-state index < -0.39 is 29.0 Å². The molecule has 1 aliphatic rings. The predicted octanol–water partition coefficient (Wildman–Crippen LogP) is 4.35. The number of fused-ring (bicyclic) bond motifs is 1. The number of pyridine rings is 1. The molecule has 2 aromatic heterocycles. The van der Waals surface area contributed by atoms with E-state index in [9.17, 15) is 26.3 Å². The second kappa shape index (κ2) is 9.24. The van der Waals surface area contributed by atoms with Crippen LogP contribution in [0.15, 0.2) is 59.0 Å². The number of alkyl halides is 6. The van der Waals surface area contributed by atoms with Gasteiger partial charge in [0.1, 0.15) is 0 Å². The highest BCUT2D eigenvalue weighted by Gasteiger charge is 2.59. The molecule has 4 rings (SSSR count). The summed E-state index contributed by atoms with van der Waals surface area (Å²) < 4.78 is 83.4. The summed E-state index contributed by atoms with van der Waals surface area (Å²) in [6, 6.07) is 9.88. The summed E-state index contributed by atoms with van der Waals surface area (Å²) in [4.78, 5) is 8.66. The number of benzene rings is 1. The lowest BCUT2D eigenvalue weighted by Gasteiger charge is -2.27. The Kier molecular flexibility index (Phi) is 6.45. The molecular formula is C22H21F6N8+. The molecule has 0 N–H and O–H groups in total. The summed E-state index contributed by atoms with van der Waals surface area (Å²) in [6.07, 6.45) is -9.02. The molecule has 8 nitrogen and oxygen atoms in total. The fourth-order valence-corrected chi connectivity index (χ4v) is 3.72. The van der Waals surface area contributed by atoms with Crippen LogP contribution >= 0.6 is 0 Å². The van der Waals surface area contributed by atoms with Crippen LogP contribution in [0.5, 0.6) is 0 Å². The van der Waals surface area contributed by atoms with E-state index in [2.05, 4.69) is 20.2 Å². The number of aromatic nitrogens is 4. The molecule has 0 spiro atoms. The Labute approximate surface area is 201 Å². The standard InChI is InChI=1S/C22H21F6N8/c1-4-33(5-2)15-9-10-16(14(3)12-15)30-18-19-31-34(17-8-6-7-11-29-17)13-35(19)32-20(18)36(21(23,24)25)22(26,27)28/h6-13H,4-5H2,1-3H3/q+1. The number of rotatable bonds is 5. The van der Waals surface area contributed by atoms with Gasteiger partial charge in [-0.1, -0.05) is 20.5 Å². The van der Waals surface area contributed by atoms with Crippen molar-refractivity contribution in [3.63, 3.8) is 0 Å². The number of nitrogens with zero attached hydrogens (tertiary/aromatic N) is 8. The Morgan fingerprint density at radius 1 is 1.00 bits per heavy atom. The summed E-state index contributed by atoms with van der Waals surface area (Å²) in [5, 5.41) is 7.72. The molecule has 0 aliphatic carbocycles. The maximum Gasteiger partial charge on any atom is 0.493 e. The monoisotopic (exact) mass is 511 g/mol. The van der Waals surface area contributed by atoms with Gasteiger partial charge in [0.15, 0.2) is 5.71 Å². The fraction of sp³-hybridized carbons (Fsp3) is 0.318. The van der Waals surface area contributed by atoms with E-state index in [1.54, 1.807) is 37.3 Å². The van der Waals surface area contributed by atoms with Crippen LogP contribution in [-0.4, -0.2) is 56.9 Å². The number of amidine groups is 1. The van der Waals surface area contributed by atoms with Crippen molar-refractivity contribution in [3.8, 4) is 5.82 Å². The zero-order chi connectivity index (χ0) is 26.3. The first-order valence-corrected chi connectivity index (χ1v) is 10.8. The first-order valence-electron chi connectivity index (χ1n) is 10.8. The zero-order valence-corrected chi connectivity index (χ0v) is 19.4. The highest BCUT2D eigenvalue weighted by Crippen LogP contribution is 2.36. The lowest BCUT2D eigenvalue weighted by atomic mass is 10.1. The van der Waals surface area contributed by atoms with Crippen LogP contribution in [0.25, 0.3) is 5.82 Å². The average Bonchev–Trinajstić information content (AvgIpc) is 3.34. The topological polar surface area (TPSA) is 65.8 Å². The minimum Gasteiger partial charge on any atom is -0.372 e. The van der Waals surface area contributed by atoms with E-state index >= 15 is 0 Å². The number of aryl methyl sites for hydroxylation is 1. The molecule has 0 saturated heterocycles. The Hall–Kier alpha value is -3.97. The molecule has 1 aromatic carbocycles. The molecule has 36 heavy (non-hydrogen) atoms. The summed E-state index contributed by atoms with van der Waals surface area (Å²) in [5.74, 6) is -1.45. The Morgan fingerprint density at radius 2 is 1.69 bits per heavy atom. The minimum atomic E-state index is -5.81. The molecule has 1 aliphatic heterocycles. The van der Waals surface area contributed by atoms with Crippen molar-refractivity contribution in [3.05, 3.63) is 60.3 Å². The largest absolute Gasteiger partial charge is 0.493 e. The number of aliphatic imine (C=N–C) groups is 1. The van der Waals surface area contributed by atoms with Crippen molar-refractivity contribution >= 4 is 22.9 Å². The van der Waals surface area contributed by atoms with Crippen molar-refractivity contribution in [2.75, 3.05) is 18.0 Å². The summed E-state index contributed by atoms with van der Waals surface area (Å²) in [5.41, 5.74) is 0.902. The summed E-state index contributed by atoms with van der Waals surface area (Å²) in [6.45, 7) is 7.04. The molecule has 0 atom stereocenters. The zero-order valence-electron chi connectivity index (χ0n) is 19.4. The van der Waals surface area contributed by atoms with E-state index in [-0.39, 0.29) is 11.5 Å². The van der Waals surface area contributed by atoms with Crippen LogP contribution in [0.1, 0.15) is 25.2 Å². The van der Waals surface area contributed by atoms with Crippen LogP contribution in [0.2, 0.25) is 0 Å². The van der Waals surface area contributed by atoms with Gasteiger partial charge in [-0.3, -0.25) is 0 Å². The van der Waals surface area contributed by atoms with Crippen molar-refractivity contribution in [2.24, 2.45) is 10.1 Å². The molecule has 0 unspecified atom stereocenters. The van der Waals surface area contributed by atoms with Crippen LogP contribution in [0.3, 0.4) is 0 Å². The maximum absolute atomic E-state index is 13.6. The quantitative estimate of drug-likeness (QED) is 0.290. The van der Waals surface area contributed by atoms with Crippen LogP contribution < -0.4 is 9.58 Å². The Balaban J connectivity index is 1.88. The number of hydrogen-bond acceptors (Lipinski definition) is 6. The highest BCUT2D eigenvalue weighted by atomic mass is 19.4. The van der Waals surface area contributed by atoms with E-state index in [4.69, 9.17) is 0 Å². The van der Waals surface area contributed by atoms with Crippen molar-refractivity contribution in [1.82, 2.24) is 19.7 Å². The first-order chi connectivity index (χ1) is 16.9. The summed E-state index contributed by atoms with van der Waals surface area (Å²) >= 11 is 0. The second-order valence-electron chi connectivity index (χ2n) is 7.71. The third-order valence-electron chi connectivity index (χ3n) is 5.41. The maximum atomic E-state index is 13.6. The van der Waals surface area contributed by atoms with Gasteiger partial charge < -0.3 is 4.90 Å². The van der Waals surface area contributed by atoms with Gasteiger partial charge in [0.05, 0.1) is 10.8 Å². The predicted molar refractivity (Wildman–Crippen MR) is 119 cm³/mol. The molecule has 0 radical (unpaired) electrons. The van der Waals surface area contributed by atoms with E-state index in [0.717, 1.165) is 29.8 Å². The smallest absolute Gasteiger partial charge is 0.372 e. The Morgan fingerprint density at radius 3 is 2.25 bits per heavy atom. The highest BCUT2D eigenvalue weighted by molar-refractivity contribution is 6.47. The minimum absolute atomic E-state index is 0.179. The fourth-order valence-electron chi connectivity index (χ4n) is 3.72. The van der Waals surface area contributed by atoms with E-state index in [1.165, 1.54) is 16.9 Å². The molecule has 3 aromatic rings. The SMILES string of the molecule is CCN(CC)c1ccc(N=C2C(N(C(F)(F)F)C(F)(F)F)=N[n+]3cn(-c4ccccn4)nc32)c(C)c1. The average molecular weight is 511 g/mol. The third kappa shape index (κ3) is 4.75. The summed E-state index contributed by atoms with van der Waals surface area (Å²) in [7, 11) is 0. The Bertz CT molecular complexity index is 1290. The lowest BCUT2D eigenvalue weighted by Crippen LogP contribution is -2.53. The number of anilines is 1. The van der Waals surface area contributed by atoms with Gasteiger partial charge in [-0.2, -0.15) is 4.90 Å². The van der Waals surface area contributed by atoms with Crippen molar-refractivity contribution in [1.29, 1.82) is 0 Å². The van der Waals surface area contributed by atoms with Crippen LogP contribution in [0, 0.1) is 6.92 Å². The van der Waals surface area contributed by atoms with E-state index in [1.807, 2.05) is 18.7 Å². The first kappa shape index (κ1) is 25.1. The number of halogens is 6.